The van der Waals surface area contributed by atoms with Gasteiger partial charge in [-0.25, -0.2) is 9.59 Å². The highest BCUT2D eigenvalue weighted by atomic mass is 16.5. The van der Waals surface area contributed by atoms with E-state index in [0.717, 1.165) is 19.3 Å². The van der Waals surface area contributed by atoms with Crippen LogP contribution in [-0.2, 0) is 4.74 Å². The lowest BCUT2D eigenvalue weighted by Gasteiger charge is -2.13. The van der Waals surface area contributed by atoms with Crippen LogP contribution in [0.15, 0.2) is 24.3 Å². The number of carboxylic acid groups (broad SMARTS) is 1. The minimum Gasteiger partial charge on any atom is -0.478 e. The van der Waals surface area contributed by atoms with Gasteiger partial charge in [-0.15, -0.1) is 0 Å². The predicted octanol–water partition coefficient (Wildman–Crippen LogP) is 4.15. The van der Waals surface area contributed by atoms with Gasteiger partial charge in [0.25, 0.3) is 0 Å². The van der Waals surface area contributed by atoms with Gasteiger partial charge in [0, 0.05) is 0 Å². The molecule has 0 aliphatic carbocycles. The Kier molecular flexibility index (Phi) is 6.92. The molecule has 4 heteroatoms. The maximum atomic E-state index is 11.9. The van der Waals surface area contributed by atoms with E-state index in [-0.39, 0.29) is 11.7 Å². The molecule has 1 atom stereocenters. The van der Waals surface area contributed by atoms with E-state index in [1.807, 2.05) is 6.92 Å². The number of carbonyl (C=O) groups excluding carboxylic acids is 1. The third-order valence-corrected chi connectivity index (χ3v) is 3.32. The molecule has 0 spiro atoms. The molecular formula is C17H24O4. The molecule has 0 saturated heterocycles. The zero-order valence-electron chi connectivity index (χ0n) is 13.0. The molecule has 1 aromatic rings. The molecule has 1 unspecified atom stereocenters. The molecule has 0 aliphatic rings. The van der Waals surface area contributed by atoms with Crippen molar-refractivity contribution in [2.45, 2.75) is 52.6 Å². The Bertz CT molecular complexity index is 462. The van der Waals surface area contributed by atoms with Crippen LogP contribution in [0, 0.1) is 5.92 Å². The SMILES string of the molecule is CC(C)CCCCC(C)OC(=O)c1ccc(C(=O)O)cc1. The molecular weight excluding hydrogens is 268 g/mol. The second kappa shape index (κ2) is 8.45. The van der Waals surface area contributed by atoms with Crippen LogP contribution < -0.4 is 0 Å². The molecule has 0 heterocycles. The first-order chi connectivity index (χ1) is 9.90. The summed E-state index contributed by atoms with van der Waals surface area (Å²) in [5, 5.41) is 8.80. The molecule has 1 aromatic carbocycles. The van der Waals surface area contributed by atoms with E-state index in [1.54, 1.807) is 0 Å². The van der Waals surface area contributed by atoms with E-state index in [4.69, 9.17) is 9.84 Å². The molecule has 4 nitrogen and oxygen atoms in total. The Balaban J connectivity index is 2.39. The van der Waals surface area contributed by atoms with Gasteiger partial charge in [-0.2, -0.15) is 0 Å². The highest BCUT2D eigenvalue weighted by Gasteiger charge is 2.12. The topological polar surface area (TPSA) is 63.6 Å². The number of carboxylic acids is 1. The number of hydrogen-bond acceptors (Lipinski definition) is 3. The maximum Gasteiger partial charge on any atom is 0.338 e. The normalized spacial score (nSPS) is 12.2. The van der Waals surface area contributed by atoms with Crippen LogP contribution in [0.4, 0.5) is 0 Å². The average Bonchev–Trinajstić information content (AvgIpc) is 2.43. The van der Waals surface area contributed by atoms with Gasteiger partial charge in [-0.1, -0.05) is 26.7 Å². The van der Waals surface area contributed by atoms with Crippen molar-refractivity contribution in [1.82, 2.24) is 0 Å². The Morgan fingerprint density at radius 1 is 1.00 bits per heavy atom. The zero-order chi connectivity index (χ0) is 15.8. The number of carbonyl (C=O) groups is 2. The summed E-state index contributed by atoms with van der Waals surface area (Å²) in [4.78, 5) is 22.6. The summed E-state index contributed by atoms with van der Waals surface area (Å²) >= 11 is 0. The van der Waals surface area contributed by atoms with Crippen LogP contribution >= 0.6 is 0 Å². The lowest BCUT2D eigenvalue weighted by Crippen LogP contribution is -2.15. The number of hydrogen-bond donors (Lipinski definition) is 1. The van der Waals surface area contributed by atoms with Crippen LogP contribution in [-0.4, -0.2) is 23.1 Å². The Morgan fingerprint density at radius 2 is 1.52 bits per heavy atom. The number of unbranched alkanes of at least 4 members (excludes halogenated alkanes) is 1. The van der Waals surface area contributed by atoms with Crippen molar-refractivity contribution in [3.63, 3.8) is 0 Å². The van der Waals surface area contributed by atoms with E-state index in [0.29, 0.717) is 11.5 Å². The summed E-state index contributed by atoms with van der Waals surface area (Å²) in [6.45, 7) is 6.29. The molecule has 0 aromatic heterocycles. The summed E-state index contributed by atoms with van der Waals surface area (Å²) < 4.78 is 5.36. The van der Waals surface area contributed by atoms with Crippen LogP contribution in [0.2, 0.25) is 0 Å². The van der Waals surface area contributed by atoms with Crippen LogP contribution in [0.3, 0.4) is 0 Å². The maximum absolute atomic E-state index is 11.9. The van der Waals surface area contributed by atoms with Crippen molar-refractivity contribution >= 4 is 11.9 Å². The first-order valence-corrected chi connectivity index (χ1v) is 7.44. The fourth-order valence-electron chi connectivity index (χ4n) is 2.04. The van der Waals surface area contributed by atoms with Crippen molar-refractivity contribution in [2.75, 3.05) is 0 Å². The Hall–Kier alpha value is -1.84. The molecule has 0 saturated carbocycles. The molecule has 0 amide bonds. The van der Waals surface area contributed by atoms with E-state index in [2.05, 4.69) is 13.8 Å². The van der Waals surface area contributed by atoms with Crippen LogP contribution in [0.5, 0.6) is 0 Å². The highest BCUT2D eigenvalue weighted by Crippen LogP contribution is 2.13. The lowest BCUT2D eigenvalue weighted by atomic mass is 10.0. The van der Waals surface area contributed by atoms with Crippen molar-refractivity contribution in [2.24, 2.45) is 5.92 Å². The van der Waals surface area contributed by atoms with Gasteiger partial charge in [-0.05, 0) is 49.9 Å². The molecule has 0 bridgehead atoms. The number of ether oxygens (including phenoxy) is 1. The minimum atomic E-state index is -1.01. The fourth-order valence-corrected chi connectivity index (χ4v) is 2.04. The Labute approximate surface area is 126 Å². The average molecular weight is 292 g/mol. The monoisotopic (exact) mass is 292 g/mol. The summed E-state index contributed by atoms with van der Waals surface area (Å²) in [7, 11) is 0. The third-order valence-electron chi connectivity index (χ3n) is 3.32. The predicted molar refractivity (Wildman–Crippen MR) is 81.6 cm³/mol. The number of benzene rings is 1. The largest absolute Gasteiger partial charge is 0.478 e. The van der Waals surface area contributed by atoms with E-state index in [9.17, 15) is 9.59 Å². The second-order valence-electron chi connectivity index (χ2n) is 5.78. The molecule has 0 fully saturated rings. The number of esters is 1. The number of rotatable bonds is 8. The lowest BCUT2D eigenvalue weighted by molar-refractivity contribution is 0.0318. The van der Waals surface area contributed by atoms with E-state index in [1.165, 1.54) is 30.7 Å². The molecule has 0 aliphatic heterocycles. The quantitative estimate of drug-likeness (QED) is 0.577. The standard InChI is InChI=1S/C17H24O4/c1-12(2)6-4-5-7-13(3)21-17(20)15-10-8-14(9-11-15)16(18)19/h8-13H,4-7H2,1-3H3,(H,18,19). The van der Waals surface area contributed by atoms with Gasteiger partial charge in [0.1, 0.15) is 0 Å². The van der Waals surface area contributed by atoms with Gasteiger partial charge in [0.05, 0.1) is 17.2 Å². The van der Waals surface area contributed by atoms with Gasteiger partial charge in [0.15, 0.2) is 0 Å². The molecule has 1 rings (SSSR count). The summed E-state index contributed by atoms with van der Waals surface area (Å²) in [6, 6.07) is 5.78. The summed E-state index contributed by atoms with van der Waals surface area (Å²) in [6.07, 6.45) is 4.12. The highest BCUT2D eigenvalue weighted by molar-refractivity contribution is 5.92. The van der Waals surface area contributed by atoms with Crippen LogP contribution in [0.25, 0.3) is 0 Å². The summed E-state index contributed by atoms with van der Waals surface area (Å²) in [5.74, 6) is -0.702. The summed E-state index contributed by atoms with van der Waals surface area (Å²) in [5.41, 5.74) is 0.544. The van der Waals surface area contributed by atoms with Gasteiger partial charge < -0.3 is 9.84 Å². The van der Waals surface area contributed by atoms with Crippen molar-refractivity contribution in [3.05, 3.63) is 35.4 Å². The minimum absolute atomic E-state index is 0.121. The van der Waals surface area contributed by atoms with Gasteiger partial charge in [0.2, 0.25) is 0 Å². The van der Waals surface area contributed by atoms with Crippen molar-refractivity contribution in [1.29, 1.82) is 0 Å². The van der Waals surface area contributed by atoms with Gasteiger partial charge >= 0.3 is 11.9 Å². The Morgan fingerprint density at radius 3 is 2.05 bits per heavy atom. The third kappa shape index (κ3) is 6.43. The second-order valence-corrected chi connectivity index (χ2v) is 5.78. The zero-order valence-corrected chi connectivity index (χ0v) is 13.0. The van der Waals surface area contributed by atoms with E-state index >= 15 is 0 Å². The van der Waals surface area contributed by atoms with Crippen LogP contribution in [0.1, 0.15) is 67.2 Å². The van der Waals surface area contributed by atoms with Crippen molar-refractivity contribution < 1.29 is 19.4 Å². The first-order valence-electron chi connectivity index (χ1n) is 7.44. The molecule has 116 valence electrons. The van der Waals surface area contributed by atoms with E-state index < -0.39 is 11.9 Å². The molecule has 1 N–H and O–H groups in total. The fraction of sp³-hybridized carbons (Fsp3) is 0.529. The smallest absolute Gasteiger partial charge is 0.338 e. The first kappa shape index (κ1) is 17.2. The number of aromatic carboxylic acids is 1. The molecule has 21 heavy (non-hydrogen) atoms. The van der Waals surface area contributed by atoms with Gasteiger partial charge in [-0.3, -0.25) is 0 Å². The van der Waals surface area contributed by atoms with Crippen molar-refractivity contribution in [3.8, 4) is 0 Å². The molecule has 0 radical (unpaired) electrons.